The predicted molar refractivity (Wildman–Crippen MR) is 112 cm³/mol. The first-order chi connectivity index (χ1) is 14.2. The molecule has 1 atom stereocenters. The molecule has 0 aliphatic rings. The minimum absolute atomic E-state index is 0.00456. The van der Waals surface area contributed by atoms with Gasteiger partial charge >= 0.3 is 6.18 Å². The van der Waals surface area contributed by atoms with Crippen LogP contribution in [-0.2, 0) is 19.1 Å². The van der Waals surface area contributed by atoms with Crippen molar-refractivity contribution in [2.24, 2.45) is 5.73 Å². The lowest BCUT2D eigenvalue weighted by atomic mass is 9.99. The fourth-order valence-corrected chi connectivity index (χ4v) is 4.20. The fraction of sp³-hybridized carbons (Fsp3) is 0.300. The number of nitrogens with zero attached hydrogens (tertiary/aromatic N) is 2. The van der Waals surface area contributed by atoms with Crippen LogP contribution in [0.15, 0.2) is 41.9 Å². The molecule has 0 radical (unpaired) electrons. The summed E-state index contributed by atoms with van der Waals surface area (Å²) in [6.45, 7) is 2.55. The second-order valence-corrected chi connectivity index (χ2v) is 7.94. The molecule has 1 amide bonds. The molecule has 0 aliphatic heterocycles. The summed E-state index contributed by atoms with van der Waals surface area (Å²) in [4.78, 5) is 13.1. The van der Waals surface area contributed by atoms with Gasteiger partial charge in [0.05, 0.1) is 27.4 Å². The van der Waals surface area contributed by atoms with Gasteiger partial charge < -0.3 is 11.1 Å². The summed E-state index contributed by atoms with van der Waals surface area (Å²) in [6.07, 6.45) is -2.95. The molecule has 10 heteroatoms. The molecule has 5 nitrogen and oxygen atoms in total. The number of hydrogen-bond donors (Lipinski definition) is 2. The van der Waals surface area contributed by atoms with Gasteiger partial charge in [0.15, 0.2) is 0 Å². The van der Waals surface area contributed by atoms with E-state index in [9.17, 15) is 18.0 Å². The average molecular weight is 457 g/mol. The number of hydrogen-bond acceptors (Lipinski definition) is 4. The maximum atomic E-state index is 13.2. The van der Waals surface area contributed by atoms with E-state index >= 15 is 0 Å². The summed E-state index contributed by atoms with van der Waals surface area (Å²) in [6, 6.07) is 6.34. The molecule has 160 valence electrons. The third-order valence-corrected chi connectivity index (χ3v) is 5.81. The van der Waals surface area contributed by atoms with E-state index in [-0.39, 0.29) is 18.5 Å². The Labute approximate surface area is 180 Å². The summed E-state index contributed by atoms with van der Waals surface area (Å²) in [5, 5.41) is 9.19. The van der Waals surface area contributed by atoms with Crippen LogP contribution in [0.5, 0.6) is 0 Å². The predicted octanol–water partition coefficient (Wildman–Crippen LogP) is 4.60. The fourth-order valence-electron chi connectivity index (χ4n) is 3.16. The number of carbonyl (C=O) groups is 1. The summed E-state index contributed by atoms with van der Waals surface area (Å²) >= 11 is 7.43. The molecular weight excluding hydrogens is 437 g/mol. The van der Waals surface area contributed by atoms with Crippen LogP contribution in [-0.4, -0.2) is 28.3 Å². The van der Waals surface area contributed by atoms with Gasteiger partial charge in [0.2, 0.25) is 0 Å². The number of alkyl halides is 3. The van der Waals surface area contributed by atoms with Crippen molar-refractivity contribution in [1.29, 1.82) is 0 Å². The van der Waals surface area contributed by atoms with Crippen molar-refractivity contribution in [3.8, 4) is 11.3 Å². The van der Waals surface area contributed by atoms with Crippen molar-refractivity contribution < 1.29 is 18.0 Å². The molecule has 0 aliphatic carbocycles. The van der Waals surface area contributed by atoms with Crippen LogP contribution in [0.1, 0.15) is 27.7 Å². The molecule has 0 saturated heterocycles. The van der Waals surface area contributed by atoms with Gasteiger partial charge in [0.1, 0.15) is 0 Å². The first kappa shape index (κ1) is 22.3. The number of aryl methyl sites for hydroxylation is 1. The Morgan fingerprint density at radius 3 is 2.77 bits per heavy atom. The normalized spacial score (nSPS) is 12.7. The largest absolute Gasteiger partial charge is 0.416 e. The zero-order valence-corrected chi connectivity index (χ0v) is 17.6. The topological polar surface area (TPSA) is 72.9 Å². The van der Waals surface area contributed by atoms with Gasteiger partial charge in [-0.25, -0.2) is 0 Å². The number of nitrogens with two attached hydrogens (primary N) is 1. The third-order valence-electron chi connectivity index (χ3n) is 4.60. The van der Waals surface area contributed by atoms with Crippen LogP contribution in [0.4, 0.5) is 13.2 Å². The monoisotopic (exact) mass is 456 g/mol. The zero-order valence-electron chi connectivity index (χ0n) is 16.0. The van der Waals surface area contributed by atoms with E-state index in [1.165, 1.54) is 29.5 Å². The Hall–Kier alpha value is -2.36. The summed E-state index contributed by atoms with van der Waals surface area (Å²) in [5.74, 6) is -0.398. The number of carbonyl (C=O) groups excluding carboxylic acids is 1. The molecular formula is C20H20ClF3N4OS. The number of benzene rings is 1. The number of nitrogens with one attached hydrogen (secondary N) is 1. The molecule has 3 rings (SSSR count). The first-order valence-corrected chi connectivity index (χ1v) is 10.5. The van der Waals surface area contributed by atoms with Gasteiger partial charge in [-0.1, -0.05) is 29.8 Å². The van der Waals surface area contributed by atoms with E-state index in [4.69, 9.17) is 17.3 Å². The van der Waals surface area contributed by atoms with Crippen LogP contribution in [0.3, 0.4) is 0 Å². The molecule has 1 aromatic carbocycles. The standard InChI is InChI=1S/C20H20ClF3N4OS/c1-2-28-18(16(21)10-26-28)13-8-17(30-11-13)19(29)27-14(9-25)7-12-5-3-4-6-15(12)20(22,23)24/h3-6,8,10-11,14H,2,7,9,25H2,1H3,(H,27,29). The van der Waals surface area contributed by atoms with Crippen LogP contribution >= 0.6 is 22.9 Å². The van der Waals surface area contributed by atoms with Crippen LogP contribution in [0, 0.1) is 0 Å². The molecule has 3 aromatic rings. The van der Waals surface area contributed by atoms with Gasteiger partial charge in [-0.05, 0) is 31.0 Å². The number of halogens is 4. The van der Waals surface area contributed by atoms with Gasteiger partial charge in [0.25, 0.3) is 5.91 Å². The summed E-state index contributed by atoms with van der Waals surface area (Å²) in [5.41, 5.74) is 6.55. The molecule has 1 unspecified atom stereocenters. The quantitative estimate of drug-likeness (QED) is 0.545. The number of aromatic nitrogens is 2. The summed E-state index contributed by atoms with van der Waals surface area (Å²) in [7, 11) is 0. The summed E-state index contributed by atoms with van der Waals surface area (Å²) < 4.78 is 41.4. The lowest BCUT2D eigenvalue weighted by Crippen LogP contribution is -2.41. The molecule has 0 bridgehead atoms. The molecule has 0 spiro atoms. The Morgan fingerprint density at radius 1 is 1.37 bits per heavy atom. The van der Waals surface area contributed by atoms with Crippen molar-refractivity contribution in [3.63, 3.8) is 0 Å². The highest BCUT2D eigenvalue weighted by atomic mass is 35.5. The third kappa shape index (κ3) is 4.85. The van der Waals surface area contributed by atoms with E-state index in [0.29, 0.717) is 22.1 Å². The Morgan fingerprint density at radius 2 is 2.10 bits per heavy atom. The highest BCUT2D eigenvalue weighted by Gasteiger charge is 2.33. The van der Waals surface area contributed by atoms with Crippen molar-refractivity contribution in [1.82, 2.24) is 15.1 Å². The van der Waals surface area contributed by atoms with Gasteiger partial charge in [-0.15, -0.1) is 11.3 Å². The van der Waals surface area contributed by atoms with Gasteiger partial charge in [-0.2, -0.15) is 18.3 Å². The number of amides is 1. The molecule has 2 aromatic heterocycles. The zero-order chi connectivity index (χ0) is 21.9. The first-order valence-electron chi connectivity index (χ1n) is 9.20. The molecule has 0 saturated carbocycles. The van der Waals surface area contributed by atoms with E-state index in [2.05, 4.69) is 10.4 Å². The van der Waals surface area contributed by atoms with Crippen molar-refractivity contribution in [3.05, 3.63) is 62.9 Å². The van der Waals surface area contributed by atoms with E-state index < -0.39 is 23.7 Å². The smallest absolute Gasteiger partial charge is 0.347 e. The number of rotatable bonds is 7. The van der Waals surface area contributed by atoms with E-state index in [1.807, 2.05) is 6.92 Å². The average Bonchev–Trinajstić information content (AvgIpc) is 3.33. The maximum absolute atomic E-state index is 13.2. The van der Waals surface area contributed by atoms with Crippen molar-refractivity contribution >= 4 is 28.8 Å². The molecule has 0 fully saturated rings. The van der Waals surface area contributed by atoms with E-state index in [1.54, 1.807) is 22.3 Å². The minimum atomic E-state index is -4.47. The second-order valence-electron chi connectivity index (χ2n) is 6.62. The Kier molecular flexibility index (Phi) is 6.84. The molecule has 3 N–H and O–H groups in total. The lowest BCUT2D eigenvalue weighted by Gasteiger charge is -2.19. The SMILES string of the molecule is CCn1ncc(Cl)c1-c1csc(C(=O)NC(CN)Cc2ccccc2C(F)(F)F)c1. The van der Waals surface area contributed by atoms with Crippen LogP contribution in [0.25, 0.3) is 11.3 Å². The second kappa shape index (κ2) is 9.20. The maximum Gasteiger partial charge on any atom is 0.416 e. The van der Waals surface area contributed by atoms with E-state index in [0.717, 1.165) is 11.6 Å². The van der Waals surface area contributed by atoms with Gasteiger partial charge in [-0.3, -0.25) is 9.48 Å². The van der Waals surface area contributed by atoms with Crippen molar-refractivity contribution in [2.45, 2.75) is 32.1 Å². The Bertz CT molecular complexity index is 1030. The van der Waals surface area contributed by atoms with Crippen molar-refractivity contribution in [2.75, 3.05) is 6.54 Å². The number of thiophene rings is 1. The lowest BCUT2D eigenvalue weighted by molar-refractivity contribution is -0.138. The highest BCUT2D eigenvalue weighted by Crippen LogP contribution is 2.33. The minimum Gasteiger partial charge on any atom is -0.347 e. The molecule has 30 heavy (non-hydrogen) atoms. The molecule has 2 heterocycles. The Balaban J connectivity index is 1.76. The van der Waals surface area contributed by atoms with Gasteiger partial charge in [0, 0.05) is 30.1 Å². The highest BCUT2D eigenvalue weighted by molar-refractivity contribution is 7.12. The van der Waals surface area contributed by atoms with Crippen LogP contribution in [0.2, 0.25) is 5.02 Å². The van der Waals surface area contributed by atoms with Crippen LogP contribution < -0.4 is 11.1 Å².